The van der Waals surface area contributed by atoms with Crippen molar-refractivity contribution in [3.8, 4) is 0 Å². The van der Waals surface area contributed by atoms with Gasteiger partial charge in [0.25, 0.3) is 0 Å². The highest BCUT2D eigenvalue weighted by atomic mass is 19.1. The summed E-state index contributed by atoms with van der Waals surface area (Å²) in [7, 11) is 0. The molecule has 2 aliphatic rings. The van der Waals surface area contributed by atoms with E-state index in [9.17, 15) is 9.18 Å². The minimum atomic E-state index is -0.545. The number of hydrogen-bond acceptors (Lipinski definition) is 6. The number of anilines is 1. The molecule has 2 fully saturated rings. The Hall–Kier alpha value is -2.74. The van der Waals surface area contributed by atoms with Crippen LogP contribution in [0.3, 0.4) is 0 Å². The number of rotatable bonds is 6. The second kappa shape index (κ2) is 11.3. The maximum absolute atomic E-state index is 13.6. The Balaban J connectivity index is 1.34. The van der Waals surface area contributed by atoms with Crippen LogP contribution in [-0.2, 0) is 9.47 Å². The molecular weight excluding hydrogens is 447 g/mol. The summed E-state index contributed by atoms with van der Waals surface area (Å²) < 4.78 is 25.5. The Morgan fingerprint density at radius 2 is 1.94 bits per heavy atom. The summed E-state index contributed by atoms with van der Waals surface area (Å²) in [6, 6.07) is 10.8. The van der Waals surface area contributed by atoms with Gasteiger partial charge in [-0.05, 0) is 88.6 Å². The van der Waals surface area contributed by atoms with Crippen LogP contribution in [-0.4, -0.2) is 53.7 Å². The second-order valence-electron chi connectivity index (χ2n) is 10.7. The van der Waals surface area contributed by atoms with Crippen molar-refractivity contribution in [2.75, 3.05) is 24.6 Å². The van der Waals surface area contributed by atoms with Gasteiger partial charge in [-0.15, -0.1) is 5.10 Å². The van der Waals surface area contributed by atoms with E-state index in [0.717, 1.165) is 56.6 Å². The first kappa shape index (κ1) is 25.4. The number of piperidine rings is 1. The monoisotopic (exact) mass is 484 g/mol. The smallest absolute Gasteiger partial charge is 0.407 e. The van der Waals surface area contributed by atoms with Crippen LogP contribution in [0.2, 0.25) is 0 Å². The Morgan fingerprint density at radius 3 is 2.63 bits per heavy atom. The molecule has 1 aromatic heterocycles. The van der Waals surface area contributed by atoms with Crippen molar-refractivity contribution in [3.05, 3.63) is 54.0 Å². The van der Waals surface area contributed by atoms with Crippen LogP contribution in [0, 0.1) is 11.7 Å². The van der Waals surface area contributed by atoms with Crippen LogP contribution >= 0.6 is 0 Å². The largest absolute Gasteiger partial charge is 0.444 e. The zero-order chi connectivity index (χ0) is 24.8. The molecule has 1 aliphatic heterocycles. The van der Waals surface area contributed by atoms with Gasteiger partial charge in [-0.1, -0.05) is 12.1 Å². The van der Waals surface area contributed by atoms with Crippen molar-refractivity contribution >= 4 is 11.9 Å². The summed E-state index contributed by atoms with van der Waals surface area (Å²) in [6.07, 6.45) is 6.11. The maximum atomic E-state index is 13.6. The van der Waals surface area contributed by atoms with Crippen molar-refractivity contribution in [1.29, 1.82) is 0 Å². The number of carbonyl (C=O) groups is 1. The summed E-state index contributed by atoms with van der Waals surface area (Å²) in [6.45, 7) is 7.64. The lowest BCUT2D eigenvalue weighted by Crippen LogP contribution is -2.53. The third kappa shape index (κ3) is 7.37. The van der Waals surface area contributed by atoms with Crippen LogP contribution in [0.1, 0.15) is 64.4 Å². The van der Waals surface area contributed by atoms with Crippen molar-refractivity contribution in [3.63, 3.8) is 0 Å². The third-order valence-corrected chi connectivity index (χ3v) is 6.86. The minimum absolute atomic E-state index is 0.0404. The van der Waals surface area contributed by atoms with Gasteiger partial charge in [-0.2, -0.15) is 5.10 Å². The first-order chi connectivity index (χ1) is 16.8. The quantitative estimate of drug-likeness (QED) is 0.616. The van der Waals surface area contributed by atoms with Crippen LogP contribution in [0.5, 0.6) is 0 Å². The van der Waals surface area contributed by atoms with Crippen molar-refractivity contribution in [1.82, 2.24) is 15.5 Å². The molecule has 4 rings (SSSR count). The molecule has 2 atom stereocenters. The lowest BCUT2D eigenvalue weighted by atomic mass is 9.82. The lowest BCUT2D eigenvalue weighted by Gasteiger charge is -2.40. The summed E-state index contributed by atoms with van der Waals surface area (Å²) in [5, 5.41) is 11.4. The predicted octanol–water partition coefficient (Wildman–Crippen LogP) is 5.08. The minimum Gasteiger partial charge on any atom is -0.444 e. The maximum Gasteiger partial charge on any atom is 0.407 e. The predicted molar refractivity (Wildman–Crippen MR) is 133 cm³/mol. The van der Waals surface area contributed by atoms with Crippen molar-refractivity contribution in [2.45, 2.75) is 76.5 Å². The summed E-state index contributed by atoms with van der Waals surface area (Å²) in [4.78, 5) is 14.7. The number of ether oxygens (including phenoxy) is 2. The topological polar surface area (TPSA) is 76.6 Å². The van der Waals surface area contributed by atoms with E-state index in [-0.39, 0.29) is 23.9 Å². The summed E-state index contributed by atoms with van der Waals surface area (Å²) >= 11 is 0. The molecular formula is C27H37FN4O3. The molecule has 0 radical (unpaired) electrons. The molecule has 0 spiro atoms. The van der Waals surface area contributed by atoms with Crippen LogP contribution in [0.4, 0.5) is 15.0 Å². The number of aromatic nitrogens is 2. The molecule has 0 bridgehead atoms. The molecule has 1 saturated heterocycles. The molecule has 1 N–H and O–H groups in total. The first-order valence-electron chi connectivity index (χ1n) is 12.7. The van der Waals surface area contributed by atoms with Crippen LogP contribution in [0.15, 0.2) is 42.6 Å². The van der Waals surface area contributed by atoms with E-state index in [1.807, 2.05) is 39.0 Å². The van der Waals surface area contributed by atoms with Gasteiger partial charge in [0.2, 0.25) is 0 Å². The SMILES string of the molecule is CC(C)(C)OC(=O)NC1CCN(c2cccnn2)C[C@H]1COC1CCC(c2cccc(F)c2)CC1. The van der Waals surface area contributed by atoms with E-state index in [0.29, 0.717) is 12.5 Å². The molecule has 1 amide bonds. The fourth-order valence-electron chi connectivity index (χ4n) is 5.10. The summed E-state index contributed by atoms with van der Waals surface area (Å²) in [5.74, 6) is 1.14. The molecule has 1 unspecified atom stereocenters. The van der Waals surface area contributed by atoms with Crippen molar-refractivity contribution < 1.29 is 18.7 Å². The molecule has 2 aromatic rings. The first-order valence-corrected chi connectivity index (χ1v) is 12.7. The normalized spacial score (nSPS) is 25.2. The number of amides is 1. The highest BCUT2D eigenvalue weighted by Gasteiger charge is 2.33. The van der Waals surface area contributed by atoms with E-state index < -0.39 is 11.7 Å². The van der Waals surface area contributed by atoms with Gasteiger partial charge < -0.3 is 19.7 Å². The number of halogens is 1. The van der Waals surface area contributed by atoms with Gasteiger partial charge in [0, 0.05) is 31.2 Å². The Bertz CT molecular complexity index is 960. The van der Waals surface area contributed by atoms with E-state index in [4.69, 9.17) is 9.47 Å². The second-order valence-corrected chi connectivity index (χ2v) is 10.7. The zero-order valence-electron chi connectivity index (χ0n) is 21.0. The Labute approximate surface area is 207 Å². The van der Waals surface area contributed by atoms with E-state index in [1.54, 1.807) is 18.3 Å². The number of benzene rings is 1. The van der Waals surface area contributed by atoms with Gasteiger partial charge in [0.1, 0.15) is 11.4 Å². The zero-order valence-corrected chi connectivity index (χ0v) is 21.0. The standard InChI is InChI=1S/C27H37FN4O3/c1-27(2,3)35-26(33)30-24-13-15-32(25-8-5-14-29-31-25)17-21(24)18-34-23-11-9-19(10-12-23)20-6-4-7-22(28)16-20/h4-8,14,16,19,21,23-24H,9-13,15,17-18H2,1-3H3,(H,30,33)/t19?,21-,23?,24?/m0/s1. The third-order valence-electron chi connectivity index (χ3n) is 6.86. The Kier molecular flexibility index (Phi) is 8.21. The highest BCUT2D eigenvalue weighted by Crippen LogP contribution is 2.35. The van der Waals surface area contributed by atoms with Gasteiger partial charge >= 0.3 is 6.09 Å². The number of alkyl carbamates (subject to hydrolysis) is 1. The number of carbonyl (C=O) groups excluding carboxylic acids is 1. The number of hydrogen-bond donors (Lipinski definition) is 1. The fourth-order valence-corrected chi connectivity index (χ4v) is 5.10. The highest BCUT2D eigenvalue weighted by molar-refractivity contribution is 5.68. The molecule has 7 nitrogen and oxygen atoms in total. The van der Waals surface area contributed by atoms with Crippen LogP contribution in [0.25, 0.3) is 0 Å². The summed E-state index contributed by atoms with van der Waals surface area (Å²) in [5.41, 5.74) is 0.536. The van der Waals surface area contributed by atoms with E-state index >= 15 is 0 Å². The molecule has 190 valence electrons. The average molecular weight is 485 g/mol. The molecule has 2 heterocycles. The van der Waals surface area contributed by atoms with E-state index in [1.165, 1.54) is 6.07 Å². The Morgan fingerprint density at radius 1 is 1.14 bits per heavy atom. The average Bonchev–Trinajstić information content (AvgIpc) is 2.83. The molecule has 35 heavy (non-hydrogen) atoms. The van der Waals surface area contributed by atoms with Crippen molar-refractivity contribution in [2.24, 2.45) is 5.92 Å². The van der Waals surface area contributed by atoms with Gasteiger partial charge in [-0.25, -0.2) is 9.18 Å². The number of nitrogens with one attached hydrogen (secondary N) is 1. The van der Waals surface area contributed by atoms with Crippen LogP contribution < -0.4 is 10.2 Å². The van der Waals surface area contributed by atoms with Gasteiger partial charge in [0.15, 0.2) is 5.82 Å². The lowest BCUT2D eigenvalue weighted by molar-refractivity contribution is -0.00575. The van der Waals surface area contributed by atoms with Gasteiger partial charge in [-0.3, -0.25) is 0 Å². The molecule has 8 heteroatoms. The molecule has 1 aromatic carbocycles. The molecule has 1 saturated carbocycles. The van der Waals surface area contributed by atoms with Gasteiger partial charge in [0.05, 0.1) is 12.7 Å². The number of nitrogens with zero attached hydrogens (tertiary/aromatic N) is 3. The van der Waals surface area contributed by atoms with E-state index in [2.05, 4.69) is 20.4 Å². The fraction of sp³-hybridized carbons (Fsp3) is 0.593. The molecule has 1 aliphatic carbocycles.